The molecule has 0 aliphatic carbocycles. The molecule has 20 heavy (non-hydrogen) atoms. The summed E-state index contributed by atoms with van der Waals surface area (Å²) in [5.41, 5.74) is 12.9. The van der Waals surface area contributed by atoms with Gasteiger partial charge in [0.2, 0.25) is 0 Å². The lowest BCUT2D eigenvalue weighted by molar-refractivity contribution is 0.0926. The predicted octanol–water partition coefficient (Wildman–Crippen LogP) is 2.30. The number of nitrogens with two attached hydrogens (primary N) is 2. The van der Waals surface area contributed by atoms with Gasteiger partial charge in [0.05, 0.1) is 21.8 Å². The molecule has 2 aromatic rings. The molecule has 0 atom stereocenters. The first-order valence-electron chi connectivity index (χ1n) is 5.83. The van der Waals surface area contributed by atoms with Crippen LogP contribution in [0.15, 0.2) is 36.4 Å². The molecule has 1 aliphatic rings. The number of anilines is 3. The third-order valence-electron chi connectivity index (χ3n) is 3.16. The summed E-state index contributed by atoms with van der Waals surface area (Å²) in [6.45, 7) is 0. The largest absolute Gasteiger partial charge is 0.399 e. The van der Waals surface area contributed by atoms with Crippen LogP contribution in [0.4, 0.5) is 17.1 Å². The molecule has 0 aromatic heterocycles. The maximum absolute atomic E-state index is 12.4. The van der Waals surface area contributed by atoms with Crippen LogP contribution in [-0.4, -0.2) is 11.8 Å². The molecular formula is C14H10ClN3O2. The SMILES string of the molecule is Nc1ccc(N2C(=O)c3cccc(N)c3C2=O)c(Cl)c1. The minimum absolute atomic E-state index is 0.213. The van der Waals surface area contributed by atoms with E-state index >= 15 is 0 Å². The number of benzene rings is 2. The van der Waals surface area contributed by atoms with Gasteiger partial charge < -0.3 is 11.5 Å². The van der Waals surface area contributed by atoms with E-state index in [2.05, 4.69) is 0 Å². The summed E-state index contributed by atoms with van der Waals surface area (Å²) in [7, 11) is 0. The number of nitrogen functional groups attached to an aromatic ring is 2. The van der Waals surface area contributed by atoms with Crippen molar-refractivity contribution in [3.8, 4) is 0 Å². The van der Waals surface area contributed by atoms with E-state index < -0.39 is 11.8 Å². The van der Waals surface area contributed by atoms with Crippen LogP contribution in [0.5, 0.6) is 0 Å². The summed E-state index contributed by atoms with van der Waals surface area (Å²) in [5.74, 6) is -0.918. The molecule has 0 saturated carbocycles. The number of halogens is 1. The van der Waals surface area contributed by atoms with Crippen LogP contribution in [-0.2, 0) is 0 Å². The average Bonchev–Trinajstić information content (AvgIpc) is 2.64. The van der Waals surface area contributed by atoms with Crippen LogP contribution < -0.4 is 16.4 Å². The number of rotatable bonds is 1. The molecule has 2 aromatic carbocycles. The lowest BCUT2D eigenvalue weighted by Gasteiger charge is -2.15. The highest BCUT2D eigenvalue weighted by molar-refractivity contribution is 6.40. The van der Waals surface area contributed by atoms with Crippen molar-refractivity contribution in [2.75, 3.05) is 16.4 Å². The minimum Gasteiger partial charge on any atom is -0.399 e. The van der Waals surface area contributed by atoms with E-state index in [0.29, 0.717) is 11.4 Å². The zero-order valence-corrected chi connectivity index (χ0v) is 11.0. The van der Waals surface area contributed by atoms with Gasteiger partial charge in [-0.15, -0.1) is 0 Å². The molecule has 0 fully saturated rings. The van der Waals surface area contributed by atoms with Gasteiger partial charge in [-0.1, -0.05) is 17.7 Å². The molecule has 0 unspecified atom stereocenters. The summed E-state index contributed by atoms with van der Waals surface area (Å²) in [6.07, 6.45) is 0. The highest BCUT2D eigenvalue weighted by atomic mass is 35.5. The van der Waals surface area contributed by atoms with Crippen molar-refractivity contribution in [3.05, 3.63) is 52.5 Å². The number of hydrogen-bond donors (Lipinski definition) is 2. The summed E-state index contributed by atoms with van der Waals surface area (Å²) >= 11 is 6.07. The molecule has 0 radical (unpaired) electrons. The number of carbonyl (C=O) groups is 2. The minimum atomic E-state index is -0.477. The Balaban J connectivity index is 2.17. The third kappa shape index (κ3) is 1.64. The summed E-state index contributed by atoms with van der Waals surface area (Å²) < 4.78 is 0. The standard InChI is InChI=1S/C14H10ClN3O2/c15-9-6-7(16)4-5-11(9)18-13(19)8-2-1-3-10(17)12(8)14(18)20/h1-6H,16-17H2. The van der Waals surface area contributed by atoms with Crippen molar-refractivity contribution in [1.82, 2.24) is 0 Å². The highest BCUT2D eigenvalue weighted by Crippen LogP contribution is 2.35. The summed E-state index contributed by atoms with van der Waals surface area (Å²) in [6, 6.07) is 9.39. The molecule has 0 bridgehead atoms. The number of carbonyl (C=O) groups excluding carboxylic acids is 2. The first-order valence-corrected chi connectivity index (χ1v) is 6.21. The topological polar surface area (TPSA) is 89.4 Å². The van der Waals surface area contributed by atoms with E-state index in [-0.39, 0.29) is 21.8 Å². The monoisotopic (exact) mass is 287 g/mol. The van der Waals surface area contributed by atoms with Crippen molar-refractivity contribution in [1.29, 1.82) is 0 Å². The number of hydrogen-bond acceptors (Lipinski definition) is 4. The molecule has 6 heteroatoms. The molecule has 100 valence electrons. The van der Waals surface area contributed by atoms with Crippen molar-refractivity contribution in [3.63, 3.8) is 0 Å². The lowest BCUT2D eigenvalue weighted by atomic mass is 10.1. The summed E-state index contributed by atoms with van der Waals surface area (Å²) in [4.78, 5) is 25.8. The molecule has 0 spiro atoms. The van der Waals surface area contributed by atoms with Crippen LogP contribution in [0.3, 0.4) is 0 Å². The number of nitrogens with zero attached hydrogens (tertiary/aromatic N) is 1. The zero-order chi connectivity index (χ0) is 14.4. The van der Waals surface area contributed by atoms with Crippen LogP contribution in [0.25, 0.3) is 0 Å². The van der Waals surface area contributed by atoms with E-state index in [9.17, 15) is 9.59 Å². The molecule has 5 nitrogen and oxygen atoms in total. The zero-order valence-electron chi connectivity index (χ0n) is 10.3. The van der Waals surface area contributed by atoms with E-state index in [4.69, 9.17) is 23.1 Å². The van der Waals surface area contributed by atoms with Gasteiger partial charge in [-0.25, -0.2) is 4.90 Å². The Labute approximate surface area is 119 Å². The molecule has 4 N–H and O–H groups in total. The molecule has 3 rings (SSSR count). The molecular weight excluding hydrogens is 278 g/mol. The quantitative estimate of drug-likeness (QED) is 0.622. The summed E-state index contributed by atoms with van der Waals surface area (Å²) in [5, 5.41) is 0.234. The predicted molar refractivity (Wildman–Crippen MR) is 77.9 cm³/mol. The van der Waals surface area contributed by atoms with Gasteiger partial charge in [0.1, 0.15) is 0 Å². The highest BCUT2D eigenvalue weighted by Gasteiger charge is 2.38. The van der Waals surface area contributed by atoms with Gasteiger partial charge >= 0.3 is 0 Å². The average molecular weight is 288 g/mol. The molecule has 1 heterocycles. The first kappa shape index (κ1) is 12.5. The fraction of sp³-hybridized carbons (Fsp3) is 0. The van der Waals surface area contributed by atoms with Crippen LogP contribution >= 0.6 is 11.6 Å². The second kappa shape index (κ2) is 4.25. The van der Waals surface area contributed by atoms with Crippen molar-refractivity contribution in [2.45, 2.75) is 0 Å². The van der Waals surface area contributed by atoms with Crippen LogP contribution in [0, 0.1) is 0 Å². The second-order valence-electron chi connectivity index (χ2n) is 4.43. The normalized spacial score (nSPS) is 13.8. The second-order valence-corrected chi connectivity index (χ2v) is 4.83. The fourth-order valence-corrected chi connectivity index (χ4v) is 2.51. The fourth-order valence-electron chi connectivity index (χ4n) is 2.23. The smallest absolute Gasteiger partial charge is 0.268 e. The van der Waals surface area contributed by atoms with Gasteiger partial charge in [-0.05, 0) is 30.3 Å². The number of fused-ring (bicyclic) bond motifs is 1. The Morgan fingerprint density at radius 1 is 1.00 bits per heavy atom. The van der Waals surface area contributed by atoms with Crippen LogP contribution in [0.1, 0.15) is 20.7 Å². The van der Waals surface area contributed by atoms with Gasteiger partial charge in [0.15, 0.2) is 0 Å². The van der Waals surface area contributed by atoms with E-state index in [0.717, 1.165) is 4.90 Å². The molecule has 1 aliphatic heterocycles. The molecule has 0 saturated heterocycles. The Kier molecular flexibility index (Phi) is 2.65. The number of imide groups is 1. The van der Waals surface area contributed by atoms with Gasteiger partial charge in [0.25, 0.3) is 11.8 Å². The van der Waals surface area contributed by atoms with Crippen molar-refractivity contribution < 1.29 is 9.59 Å². The van der Waals surface area contributed by atoms with E-state index in [1.807, 2.05) is 0 Å². The van der Waals surface area contributed by atoms with Gasteiger partial charge in [-0.3, -0.25) is 9.59 Å². The number of amides is 2. The first-order chi connectivity index (χ1) is 9.50. The molecule has 2 amide bonds. The Morgan fingerprint density at radius 3 is 2.40 bits per heavy atom. The van der Waals surface area contributed by atoms with Crippen LogP contribution in [0.2, 0.25) is 5.02 Å². The Hall–Kier alpha value is -2.53. The van der Waals surface area contributed by atoms with Crippen molar-refractivity contribution >= 4 is 40.5 Å². The Morgan fingerprint density at radius 2 is 1.75 bits per heavy atom. The van der Waals surface area contributed by atoms with E-state index in [1.165, 1.54) is 12.1 Å². The van der Waals surface area contributed by atoms with Gasteiger partial charge in [-0.2, -0.15) is 0 Å². The lowest BCUT2D eigenvalue weighted by Crippen LogP contribution is -2.29. The maximum Gasteiger partial charge on any atom is 0.268 e. The van der Waals surface area contributed by atoms with Gasteiger partial charge in [0, 0.05) is 11.4 Å². The Bertz CT molecular complexity index is 758. The maximum atomic E-state index is 12.4. The van der Waals surface area contributed by atoms with E-state index in [1.54, 1.807) is 24.3 Å². The third-order valence-corrected chi connectivity index (χ3v) is 3.46. The van der Waals surface area contributed by atoms with Crippen molar-refractivity contribution in [2.24, 2.45) is 0 Å².